The molecule has 1 heterocycles. The van der Waals surface area contributed by atoms with Crippen molar-refractivity contribution in [2.24, 2.45) is 0 Å². The maximum Gasteiger partial charge on any atom is 0.293 e. The molecule has 1 aliphatic rings. The van der Waals surface area contributed by atoms with Crippen molar-refractivity contribution < 1.29 is 19.1 Å². The van der Waals surface area contributed by atoms with Crippen LogP contribution in [0.1, 0.15) is 18.1 Å². The van der Waals surface area contributed by atoms with Crippen molar-refractivity contribution in [3.63, 3.8) is 0 Å². The first-order chi connectivity index (χ1) is 13.5. The lowest BCUT2D eigenvalue weighted by Crippen LogP contribution is -2.27. The van der Waals surface area contributed by atoms with E-state index in [9.17, 15) is 9.59 Å². The van der Waals surface area contributed by atoms with E-state index in [1.165, 1.54) is 0 Å². The minimum Gasteiger partial charge on any atom is -0.493 e. The number of carbonyl (C=O) groups is 2. The molecule has 1 saturated heterocycles. The van der Waals surface area contributed by atoms with Crippen molar-refractivity contribution in [3.8, 4) is 11.5 Å². The van der Waals surface area contributed by atoms with Crippen LogP contribution in [0.25, 0.3) is 6.08 Å². The number of amides is 2. The van der Waals surface area contributed by atoms with E-state index >= 15 is 0 Å². The number of benzene rings is 2. The molecule has 0 N–H and O–H groups in total. The van der Waals surface area contributed by atoms with E-state index in [0.717, 1.165) is 16.7 Å². The van der Waals surface area contributed by atoms with Gasteiger partial charge in [0.15, 0.2) is 11.5 Å². The predicted molar refractivity (Wildman–Crippen MR) is 112 cm³/mol. The van der Waals surface area contributed by atoms with Gasteiger partial charge in [0, 0.05) is 21.2 Å². The Kier molecular flexibility index (Phi) is 6.54. The first-order valence-corrected chi connectivity index (χ1v) is 10.0. The minimum absolute atomic E-state index is 0.0109. The maximum absolute atomic E-state index is 12.8. The molecule has 0 bridgehead atoms. The Balaban J connectivity index is 1.92. The third-order valence-corrected chi connectivity index (χ3v) is 5.67. The molecule has 0 aliphatic carbocycles. The fourth-order valence-electron chi connectivity index (χ4n) is 2.73. The van der Waals surface area contributed by atoms with Crippen molar-refractivity contribution >= 4 is 52.2 Å². The number of halogens is 2. The molecule has 2 aromatic carbocycles. The number of rotatable bonds is 6. The summed E-state index contributed by atoms with van der Waals surface area (Å²) < 4.78 is 11.0. The summed E-state index contributed by atoms with van der Waals surface area (Å²) in [5, 5.41) is 0.428. The monoisotopic (exact) mass is 437 g/mol. The molecule has 0 atom stereocenters. The van der Waals surface area contributed by atoms with Gasteiger partial charge in [-0.05, 0) is 43.0 Å². The van der Waals surface area contributed by atoms with Crippen LogP contribution in [-0.4, -0.2) is 29.8 Å². The molecule has 2 amide bonds. The Bertz CT molecular complexity index is 941. The summed E-state index contributed by atoms with van der Waals surface area (Å²) in [7, 11) is 1.54. The number of thioether (sulfide) groups is 1. The van der Waals surface area contributed by atoms with E-state index in [1.54, 1.807) is 49.6 Å². The number of para-hydroxylation sites is 1. The van der Waals surface area contributed by atoms with E-state index < -0.39 is 5.91 Å². The first kappa shape index (κ1) is 20.6. The highest BCUT2D eigenvalue weighted by molar-refractivity contribution is 8.18. The zero-order chi connectivity index (χ0) is 20.3. The second-order valence-corrected chi connectivity index (χ2v) is 7.59. The number of hydrogen-bond donors (Lipinski definition) is 0. The molecule has 8 heteroatoms. The van der Waals surface area contributed by atoms with Crippen molar-refractivity contribution in [2.75, 3.05) is 13.7 Å². The van der Waals surface area contributed by atoms with Gasteiger partial charge in [-0.25, -0.2) is 0 Å². The minimum atomic E-state index is -0.406. The lowest BCUT2D eigenvalue weighted by atomic mass is 10.1. The highest BCUT2D eigenvalue weighted by Crippen LogP contribution is 2.38. The lowest BCUT2D eigenvalue weighted by molar-refractivity contribution is -0.123. The van der Waals surface area contributed by atoms with Gasteiger partial charge in [-0.3, -0.25) is 14.5 Å². The van der Waals surface area contributed by atoms with E-state index in [0.29, 0.717) is 44.2 Å². The molecular formula is C20H17Cl2NO4S. The van der Waals surface area contributed by atoms with E-state index in [2.05, 4.69) is 0 Å². The van der Waals surface area contributed by atoms with Crippen LogP contribution < -0.4 is 9.47 Å². The number of nitrogens with zero attached hydrogens (tertiary/aromatic N) is 1. The molecule has 2 aromatic rings. The number of hydrogen-bond acceptors (Lipinski definition) is 5. The molecule has 146 valence electrons. The molecule has 1 aliphatic heterocycles. The van der Waals surface area contributed by atoms with Gasteiger partial charge in [-0.2, -0.15) is 0 Å². The average Bonchev–Trinajstić information content (AvgIpc) is 2.93. The maximum atomic E-state index is 12.8. The molecule has 0 aromatic heterocycles. The highest BCUT2D eigenvalue weighted by atomic mass is 35.5. The first-order valence-electron chi connectivity index (χ1n) is 8.44. The van der Waals surface area contributed by atoms with Crippen LogP contribution in [0.2, 0.25) is 10.0 Å². The summed E-state index contributed by atoms with van der Waals surface area (Å²) in [6.07, 6.45) is 1.63. The van der Waals surface area contributed by atoms with Gasteiger partial charge in [-0.15, -0.1) is 0 Å². The van der Waals surface area contributed by atoms with Crippen LogP contribution in [0.4, 0.5) is 4.79 Å². The number of ether oxygens (including phenoxy) is 2. The molecule has 28 heavy (non-hydrogen) atoms. The summed E-state index contributed by atoms with van der Waals surface area (Å²) >= 11 is 13.2. The zero-order valence-electron chi connectivity index (χ0n) is 15.2. The lowest BCUT2D eigenvalue weighted by Gasteiger charge is -2.15. The zero-order valence-corrected chi connectivity index (χ0v) is 17.5. The van der Waals surface area contributed by atoms with Crippen molar-refractivity contribution in [1.82, 2.24) is 4.90 Å². The number of imide groups is 1. The predicted octanol–water partition coefficient (Wildman–Crippen LogP) is 5.64. The smallest absolute Gasteiger partial charge is 0.293 e. The topological polar surface area (TPSA) is 55.8 Å². The van der Waals surface area contributed by atoms with Crippen LogP contribution in [0, 0.1) is 0 Å². The average molecular weight is 438 g/mol. The van der Waals surface area contributed by atoms with Gasteiger partial charge in [0.1, 0.15) is 0 Å². The molecular weight excluding hydrogens is 421 g/mol. The standard InChI is InChI=1S/C20H17Cl2NO4S/c1-3-27-18-12(6-4-9-16(18)26-2)10-17-19(24)23(20(25)28-17)11-13-14(21)7-5-8-15(13)22/h4-10H,3,11H2,1-2H3. The molecule has 1 fully saturated rings. The molecule has 5 nitrogen and oxygen atoms in total. The van der Waals surface area contributed by atoms with Gasteiger partial charge in [0.25, 0.3) is 11.1 Å². The molecule has 0 saturated carbocycles. The number of methoxy groups -OCH3 is 1. The van der Waals surface area contributed by atoms with E-state index in [1.807, 2.05) is 6.92 Å². The summed E-state index contributed by atoms with van der Waals surface area (Å²) in [6, 6.07) is 10.4. The third kappa shape index (κ3) is 4.14. The van der Waals surface area contributed by atoms with Crippen molar-refractivity contribution in [2.45, 2.75) is 13.5 Å². The van der Waals surface area contributed by atoms with Gasteiger partial charge < -0.3 is 9.47 Å². The Labute approximate surface area is 177 Å². The van der Waals surface area contributed by atoms with Crippen molar-refractivity contribution in [1.29, 1.82) is 0 Å². The van der Waals surface area contributed by atoms with Crippen LogP contribution in [0.15, 0.2) is 41.3 Å². The molecule has 0 spiro atoms. The van der Waals surface area contributed by atoms with Gasteiger partial charge in [0.05, 0.1) is 25.2 Å². The van der Waals surface area contributed by atoms with Crippen LogP contribution in [-0.2, 0) is 11.3 Å². The van der Waals surface area contributed by atoms with Crippen LogP contribution >= 0.6 is 35.0 Å². The second kappa shape index (κ2) is 8.90. The fourth-order valence-corrected chi connectivity index (χ4v) is 4.07. The van der Waals surface area contributed by atoms with Crippen LogP contribution in [0.5, 0.6) is 11.5 Å². The van der Waals surface area contributed by atoms with Crippen molar-refractivity contribution in [3.05, 3.63) is 62.5 Å². The quantitative estimate of drug-likeness (QED) is 0.547. The van der Waals surface area contributed by atoms with E-state index in [4.69, 9.17) is 32.7 Å². The number of carbonyl (C=O) groups excluding carboxylic acids is 2. The largest absolute Gasteiger partial charge is 0.493 e. The summed E-state index contributed by atoms with van der Waals surface area (Å²) in [5.41, 5.74) is 1.19. The molecule has 0 radical (unpaired) electrons. The van der Waals surface area contributed by atoms with Gasteiger partial charge in [-0.1, -0.05) is 41.4 Å². The highest BCUT2D eigenvalue weighted by Gasteiger charge is 2.36. The normalized spacial score (nSPS) is 15.4. The summed E-state index contributed by atoms with van der Waals surface area (Å²) in [5.74, 6) is 0.669. The Morgan fingerprint density at radius 3 is 2.43 bits per heavy atom. The van der Waals surface area contributed by atoms with Crippen LogP contribution in [0.3, 0.4) is 0 Å². The van der Waals surface area contributed by atoms with Gasteiger partial charge >= 0.3 is 0 Å². The SMILES string of the molecule is CCOc1c(C=C2SC(=O)N(Cc3c(Cl)cccc3Cl)C2=O)cccc1OC. The Hall–Kier alpha value is -2.15. The Morgan fingerprint density at radius 1 is 1.11 bits per heavy atom. The van der Waals surface area contributed by atoms with Gasteiger partial charge in [0.2, 0.25) is 0 Å². The third-order valence-electron chi connectivity index (χ3n) is 4.06. The molecule has 3 rings (SSSR count). The fraction of sp³-hybridized carbons (Fsp3) is 0.200. The molecule has 0 unspecified atom stereocenters. The van der Waals surface area contributed by atoms with E-state index in [-0.39, 0.29) is 11.8 Å². The Morgan fingerprint density at radius 2 is 1.79 bits per heavy atom. The second-order valence-electron chi connectivity index (χ2n) is 5.78. The summed E-state index contributed by atoms with van der Waals surface area (Å²) in [4.78, 5) is 26.7. The summed E-state index contributed by atoms with van der Waals surface area (Å²) in [6.45, 7) is 2.31.